The minimum absolute atomic E-state index is 0.0742. The number of H-pyrrole nitrogens is 2. The number of rotatable bonds is 3. The van der Waals surface area contributed by atoms with Crippen LogP contribution >= 0.6 is 0 Å². The van der Waals surface area contributed by atoms with Crippen LogP contribution in [0.1, 0.15) is 30.9 Å². The third-order valence-corrected chi connectivity index (χ3v) is 4.00. The molecule has 1 aliphatic heterocycles. The zero-order valence-electron chi connectivity index (χ0n) is 11.9. The van der Waals surface area contributed by atoms with Crippen molar-refractivity contribution in [2.75, 3.05) is 13.7 Å². The molecule has 0 spiro atoms. The van der Waals surface area contributed by atoms with Crippen LogP contribution in [0, 0.1) is 0 Å². The van der Waals surface area contributed by atoms with Gasteiger partial charge in [0.1, 0.15) is 0 Å². The second-order valence-corrected chi connectivity index (χ2v) is 5.38. The van der Waals surface area contributed by atoms with Crippen LogP contribution in [0.5, 0.6) is 0 Å². The highest BCUT2D eigenvalue weighted by atomic mass is 16.5. The third kappa shape index (κ3) is 2.77. The Labute approximate surface area is 121 Å². The summed E-state index contributed by atoms with van der Waals surface area (Å²) in [4.78, 5) is 28.0. The van der Waals surface area contributed by atoms with Crippen molar-refractivity contribution in [1.82, 2.24) is 15.3 Å². The molecule has 1 aromatic carbocycles. The van der Waals surface area contributed by atoms with Crippen molar-refractivity contribution in [3.05, 3.63) is 44.5 Å². The number of likely N-dealkylation sites (N-methyl/N-ethyl adjacent to an activating group) is 1. The van der Waals surface area contributed by atoms with E-state index in [2.05, 4.69) is 15.3 Å². The fourth-order valence-electron chi connectivity index (χ4n) is 2.92. The second-order valence-electron chi connectivity index (χ2n) is 5.38. The maximum absolute atomic E-state index is 11.4. The average Bonchev–Trinajstić information content (AvgIpc) is 2.50. The van der Waals surface area contributed by atoms with Gasteiger partial charge in [0.25, 0.3) is 0 Å². The number of hydrogen-bond acceptors (Lipinski definition) is 4. The first-order chi connectivity index (χ1) is 10.2. The fraction of sp³-hybridized carbons (Fsp3) is 0.467. The molecule has 0 saturated carbocycles. The van der Waals surface area contributed by atoms with Crippen LogP contribution in [0.3, 0.4) is 0 Å². The van der Waals surface area contributed by atoms with Crippen molar-refractivity contribution in [3.8, 4) is 0 Å². The Morgan fingerprint density at radius 3 is 2.62 bits per heavy atom. The Morgan fingerprint density at radius 1 is 1.19 bits per heavy atom. The SMILES string of the molecule is CNC(c1ccc2[nH]c(=O)c(=O)[nH]c2c1)C1CCCCO1. The predicted molar refractivity (Wildman–Crippen MR) is 80.6 cm³/mol. The van der Waals surface area contributed by atoms with Crippen molar-refractivity contribution >= 4 is 11.0 Å². The van der Waals surface area contributed by atoms with E-state index < -0.39 is 11.1 Å². The van der Waals surface area contributed by atoms with Crippen LogP contribution in [-0.4, -0.2) is 29.7 Å². The molecular formula is C15H19N3O3. The molecule has 3 rings (SSSR count). The van der Waals surface area contributed by atoms with E-state index >= 15 is 0 Å². The molecule has 6 heteroatoms. The number of aromatic nitrogens is 2. The number of fused-ring (bicyclic) bond motifs is 1. The van der Waals surface area contributed by atoms with Gasteiger partial charge in [-0.25, -0.2) is 0 Å². The van der Waals surface area contributed by atoms with E-state index in [9.17, 15) is 9.59 Å². The van der Waals surface area contributed by atoms with Gasteiger partial charge in [-0.3, -0.25) is 9.59 Å². The summed E-state index contributed by atoms with van der Waals surface area (Å²) >= 11 is 0. The van der Waals surface area contributed by atoms with E-state index in [0.717, 1.165) is 25.0 Å². The second kappa shape index (κ2) is 5.83. The standard InChI is InChI=1S/C15H19N3O3/c1-16-13(12-4-2-3-7-21-12)9-5-6-10-11(8-9)18-15(20)14(19)17-10/h5-6,8,12-13,16H,2-4,7H2,1H3,(H,17,19)(H,18,20). The summed E-state index contributed by atoms with van der Waals surface area (Å²) in [6, 6.07) is 5.74. The molecule has 1 fully saturated rings. The summed E-state index contributed by atoms with van der Waals surface area (Å²) in [5, 5.41) is 3.29. The van der Waals surface area contributed by atoms with Crippen molar-refractivity contribution in [2.24, 2.45) is 0 Å². The molecule has 21 heavy (non-hydrogen) atoms. The van der Waals surface area contributed by atoms with Crippen LogP contribution < -0.4 is 16.4 Å². The predicted octanol–water partition coefficient (Wildman–Crippen LogP) is 1.05. The molecule has 0 radical (unpaired) electrons. The first-order valence-corrected chi connectivity index (χ1v) is 7.24. The summed E-state index contributed by atoms with van der Waals surface area (Å²) in [6.07, 6.45) is 3.43. The molecule has 2 aromatic rings. The molecule has 0 aliphatic carbocycles. The van der Waals surface area contributed by atoms with Crippen LogP contribution in [0.4, 0.5) is 0 Å². The Hall–Kier alpha value is -1.92. The number of aromatic amines is 2. The zero-order valence-corrected chi connectivity index (χ0v) is 11.9. The van der Waals surface area contributed by atoms with E-state index in [1.807, 2.05) is 25.2 Å². The van der Waals surface area contributed by atoms with Gasteiger partial charge >= 0.3 is 11.1 Å². The van der Waals surface area contributed by atoms with Gasteiger partial charge in [-0.05, 0) is 44.0 Å². The molecule has 3 N–H and O–H groups in total. The minimum Gasteiger partial charge on any atom is -0.376 e. The van der Waals surface area contributed by atoms with Gasteiger partial charge in [0.2, 0.25) is 0 Å². The lowest BCUT2D eigenvalue weighted by atomic mass is 9.95. The highest BCUT2D eigenvalue weighted by Gasteiger charge is 2.24. The Bertz CT molecular complexity index is 744. The topological polar surface area (TPSA) is 87.0 Å². The molecule has 0 amide bonds. The average molecular weight is 289 g/mol. The molecule has 112 valence electrons. The summed E-state index contributed by atoms with van der Waals surface area (Å²) in [5.41, 5.74) is 1.04. The largest absolute Gasteiger partial charge is 0.376 e. The lowest BCUT2D eigenvalue weighted by Gasteiger charge is -2.30. The monoisotopic (exact) mass is 289 g/mol. The van der Waals surface area contributed by atoms with E-state index in [1.165, 1.54) is 6.42 Å². The Kier molecular flexibility index (Phi) is 3.90. The van der Waals surface area contributed by atoms with E-state index in [1.54, 1.807) is 0 Å². The first-order valence-electron chi connectivity index (χ1n) is 7.24. The number of ether oxygens (including phenoxy) is 1. The summed E-state index contributed by atoms with van der Waals surface area (Å²) in [7, 11) is 1.91. The van der Waals surface area contributed by atoms with Crippen LogP contribution in [-0.2, 0) is 4.74 Å². The maximum atomic E-state index is 11.4. The van der Waals surface area contributed by atoms with E-state index in [4.69, 9.17) is 4.74 Å². The Balaban J connectivity index is 2.00. The highest BCUT2D eigenvalue weighted by Crippen LogP contribution is 2.27. The molecular weight excluding hydrogens is 270 g/mol. The normalized spacial score (nSPS) is 20.5. The molecule has 1 aromatic heterocycles. The molecule has 1 saturated heterocycles. The highest BCUT2D eigenvalue weighted by molar-refractivity contribution is 5.74. The van der Waals surface area contributed by atoms with Gasteiger partial charge in [-0.15, -0.1) is 0 Å². The van der Waals surface area contributed by atoms with Gasteiger partial charge in [0.05, 0.1) is 23.2 Å². The van der Waals surface area contributed by atoms with Crippen molar-refractivity contribution in [1.29, 1.82) is 0 Å². The summed E-state index contributed by atoms with van der Waals surface area (Å²) in [5.74, 6) is 0. The Morgan fingerprint density at radius 2 is 1.95 bits per heavy atom. The summed E-state index contributed by atoms with van der Waals surface area (Å²) < 4.78 is 5.85. The van der Waals surface area contributed by atoms with Crippen molar-refractivity contribution in [2.45, 2.75) is 31.4 Å². The van der Waals surface area contributed by atoms with Gasteiger partial charge in [-0.2, -0.15) is 0 Å². The molecule has 1 aliphatic rings. The first kappa shape index (κ1) is 14.0. The fourth-order valence-corrected chi connectivity index (χ4v) is 2.92. The van der Waals surface area contributed by atoms with Crippen molar-refractivity contribution < 1.29 is 4.74 Å². The van der Waals surface area contributed by atoms with E-state index in [0.29, 0.717) is 11.0 Å². The van der Waals surface area contributed by atoms with Gasteiger partial charge < -0.3 is 20.0 Å². The van der Waals surface area contributed by atoms with Crippen LogP contribution in [0.25, 0.3) is 11.0 Å². The molecule has 2 heterocycles. The molecule has 6 nitrogen and oxygen atoms in total. The third-order valence-electron chi connectivity index (χ3n) is 4.00. The minimum atomic E-state index is -0.630. The lowest BCUT2D eigenvalue weighted by molar-refractivity contribution is -0.00659. The van der Waals surface area contributed by atoms with Crippen LogP contribution in [0.2, 0.25) is 0 Å². The summed E-state index contributed by atoms with van der Waals surface area (Å²) in [6.45, 7) is 0.792. The van der Waals surface area contributed by atoms with Crippen LogP contribution in [0.15, 0.2) is 27.8 Å². The maximum Gasteiger partial charge on any atom is 0.314 e. The van der Waals surface area contributed by atoms with E-state index in [-0.39, 0.29) is 12.1 Å². The molecule has 2 atom stereocenters. The van der Waals surface area contributed by atoms with Gasteiger partial charge in [0.15, 0.2) is 0 Å². The quantitative estimate of drug-likeness (QED) is 0.737. The lowest BCUT2D eigenvalue weighted by Crippen LogP contribution is -2.34. The van der Waals surface area contributed by atoms with Crippen molar-refractivity contribution in [3.63, 3.8) is 0 Å². The zero-order chi connectivity index (χ0) is 14.8. The molecule has 0 bridgehead atoms. The van der Waals surface area contributed by atoms with Gasteiger partial charge in [0, 0.05) is 6.61 Å². The molecule has 2 unspecified atom stereocenters. The number of benzene rings is 1. The smallest absolute Gasteiger partial charge is 0.314 e. The van der Waals surface area contributed by atoms with Gasteiger partial charge in [-0.1, -0.05) is 6.07 Å². The number of hydrogen-bond donors (Lipinski definition) is 3. The number of nitrogens with one attached hydrogen (secondary N) is 3.